The van der Waals surface area contributed by atoms with E-state index in [4.69, 9.17) is 15.2 Å². The number of pyridine rings is 1. The van der Waals surface area contributed by atoms with Gasteiger partial charge in [0.2, 0.25) is 0 Å². The fourth-order valence-electron chi connectivity index (χ4n) is 1.12. The van der Waals surface area contributed by atoms with Crippen molar-refractivity contribution in [3.8, 4) is 5.75 Å². The number of hydrogen-bond donors (Lipinski definition) is 1. The number of aryl methyl sites for hydroxylation is 1. The van der Waals surface area contributed by atoms with Gasteiger partial charge in [-0.05, 0) is 32.9 Å². The third-order valence-electron chi connectivity index (χ3n) is 1.74. The van der Waals surface area contributed by atoms with Crippen LogP contribution in [0.15, 0.2) is 12.1 Å². The molecule has 0 saturated carbocycles. The van der Waals surface area contributed by atoms with E-state index in [0.717, 1.165) is 5.69 Å². The summed E-state index contributed by atoms with van der Waals surface area (Å²) < 4.78 is 10.1. The zero-order valence-electron chi connectivity index (χ0n) is 9.69. The van der Waals surface area contributed by atoms with Crippen molar-refractivity contribution in [1.29, 1.82) is 0 Å². The van der Waals surface area contributed by atoms with E-state index in [1.165, 1.54) is 0 Å². The molecule has 5 nitrogen and oxygen atoms in total. The third kappa shape index (κ3) is 3.76. The number of nitrogens with zero attached hydrogens (tertiary/aromatic N) is 1. The van der Waals surface area contributed by atoms with Gasteiger partial charge in [-0.25, -0.2) is 9.78 Å². The normalized spacial score (nSPS) is 10.2. The summed E-state index contributed by atoms with van der Waals surface area (Å²) in [6.07, 6.45) is -0.149. The molecule has 5 heteroatoms. The van der Waals surface area contributed by atoms with Gasteiger partial charge in [0, 0.05) is 5.69 Å². The molecule has 0 saturated heterocycles. The second-order valence-corrected chi connectivity index (χ2v) is 3.66. The molecule has 0 aliphatic heterocycles. The highest BCUT2D eigenvalue weighted by molar-refractivity contribution is 5.71. The van der Waals surface area contributed by atoms with Crippen LogP contribution in [0.3, 0.4) is 0 Å². The number of nitrogen functional groups attached to an aromatic ring is 1. The zero-order valence-corrected chi connectivity index (χ0v) is 9.69. The first-order valence-corrected chi connectivity index (χ1v) is 5.04. The predicted octanol–water partition coefficient (Wildman–Crippen LogP) is 1.30. The average molecular weight is 224 g/mol. The molecule has 1 heterocycles. The van der Waals surface area contributed by atoms with Crippen LogP contribution >= 0.6 is 0 Å². The van der Waals surface area contributed by atoms with Gasteiger partial charge in [-0.1, -0.05) is 0 Å². The molecule has 2 N–H and O–H groups in total. The quantitative estimate of drug-likeness (QED) is 0.780. The van der Waals surface area contributed by atoms with E-state index >= 15 is 0 Å². The van der Waals surface area contributed by atoms with Crippen LogP contribution in [0.25, 0.3) is 0 Å². The summed E-state index contributed by atoms with van der Waals surface area (Å²) >= 11 is 0. The monoisotopic (exact) mass is 224 g/mol. The molecular weight excluding hydrogens is 208 g/mol. The standard InChI is InChI=1S/C11H16N2O3/c1-7(2)16-10(14)6-15-9-5-4-8(3)13-11(9)12/h4-5,7H,6H2,1-3H3,(H2,12,13). The largest absolute Gasteiger partial charge is 0.478 e. The Morgan fingerprint density at radius 1 is 1.50 bits per heavy atom. The molecule has 0 radical (unpaired) electrons. The summed E-state index contributed by atoms with van der Waals surface area (Å²) in [6, 6.07) is 3.44. The number of anilines is 1. The van der Waals surface area contributed by atoms with E-state index in [-0.39, 0.29) is 18.5 Å². The Bertz CT molecular complexity index is 377. The van der Waals surface area contributed by atoms with Crippen molar-refractivity contribution >= 4 is 11.8 Å². The van der Waals surface area contributed by atoms with Crippen LogP contribution < -0.4 is 10.5 Å². The van der Waals surface area contributed by atoms with Crippen LogP contribution in [0.5, 0.6) is 5.75 Å². The number of carbonyl (C=O) groups is 1. The number of rotatable bonds is 4. The molecule has 0 aliphatic rings. The van der Waals surface area contributed by atoms with Gasteiger partial charge in [-0.15, -0.1) is 0 Å². The second kappa shape index (κ2) is 5.34. The van der Waals surface area contributed by atoms with Crippen molar-refractivity contribution in [2.24, 2.45) is 0 Å². The van der Waals surface area contributed by atoms with Crippen molar-refractivity contribution in [2.45, 2.75) is 26.9 Å². The van der Waals surface area contributed by atoms with Gasteiger partial charge in [0.15, 0.2) is 18.2 Å². The molecule has 1 aromatic heterocycles. The fraction of sp³-hybridized carbons (Fsp3) is 0.455. The van der Waals surface area contributed by atoms with Gasteiger partial charge in [0.05, 0.1) is 6.10 Å². The lowest BCUT2D eigenvalue weighted by Crippen LogP contribution is -2.19. The lowest BCUT2D eigenvalue weighted by atomic mass is 10.3. The predicted molar refractivity (Wildman–Crippen MR) is 60.1 cm³/mol. The molecule has 0 amide bonds. The maximum absolute atomic E-state index is 11.2. The Kier molecular flexibility index (Phi) is 4.10. The summed E-state index contributed by atoms with van der Waals surface area (Å²) in [7, 11) is 0. The maximum Gasteiger partial charge on any atom is 0.344 e. The molecule has 0 aromatic carbocycles. The fourth-order valence-corrected chi connectivity index (χ4v) is 1.12. The van der Waals surface area contributed by atoms with Crippen LogP contribution in [-0.4, -0.2) is 23.7 Å². The Morgan fingerprint density at radius 3 is 2.75 bits per heavy atom. The lowest BCUT2D eigenvalue weighted by Gasteiger charge is -2.10. The zero-order chi connectivity index (χ0) is 12.1. The summed E-state index contributed by atoms with van der Waals surface area (Å²) in [6.45, 7) is 5.22. The molecule has 0 bridgehead atoms. The molecule has 0 spiro atoms. The highest BCUT2D eigenvalue weighted by atomic mass is 16.6. The highest BCUT2D eigenvalue weighted by Crippen LogP contribution is 2.18. The van der Waals surface area contributed by atoms with Crippen LogP contribution in [-0.2, 0) is 9.53 Å². The van der Waals surface area contributed by atoms with Crippen LogP contribution in [0.2, 0.25) is 0 Å². The Balaban J connectivity index is 2.51. The van der Waals surface area contributed by atoms with E-state index < -0.39 is 5.97 Å². The molecule has 0 aliphatic carbocycles. The number of ether oxygens (including phenoxy) is 2. The van der Waals surface area contributed by atoms with E-state index in [0.29, 0.717) is 5.75 Å². The Labute approximate surface area is 94.6 Å². The van der Waals surface area contributed by atoms with Crippen molar-refractivity contribution in [3.05, 3.63) is 17.8 Å². The summed E-state index contributed by atoms with van der Waals surface area (Å²) in [5, 5.41) is 0. The number of aromatic nitrogens is 1. The van der Waals surface area contributed by atoms with E-state index in [9.17, 15) is 4.79 Å². The van der Waals surface area contributed by atoms with E-state index in [1.54, 1.807) is 26.0 Å². The van der Waals surface area contributed by atoms with E-state index in [1.807, 2.05) is 6.92 Å². The number of esters is 1. The first kappa shape index (κ1) is 12.3. The minimum atomic E-state index is -0.421. The molecule has 1 aromatic rings. The smallest absolute Gasteiger partial charge is 0.344 e. The van der Waals surface area contributed by atoms with Crippen molar-refractivity contribution in [1.82, 2.24) is 4.98 Å². The lowest BCUT2D eigenvalue weighted by molar-refractivity contribution is -0.149. The minimum absolute atomic E-state index is 0.149. The minimum Gasteiger partial charge on any atom is -0.478 e. The highest BCUT2D eigenvalue weighted by Gasteiger charge is 2.08. The van der Waals surface area contributed by atoms with Crippen molar-refractivity contribution in [2.75, 3.05) is 12.3 Å². The molecule has 1 rings (SSSR count). The number of carbonyl (C=O) groups excluding carboxylic acids is 1. The second-order valence-electron chi connectivity index (χ2n) is 3.66. The number of hydrogen-bond acceptors (Lipinski definition) is 5. The van der Waals surface area contributed by atoms with Gasteiger partial charge in [0.1, 0.15) is 0 Å². The van der Waals surface area contributed by atoms with Gasteiger partial charge in [-0.3, -0.25) is 0 Å². The van der Waals surface area contributed by atoms with Crippen LogP contribution in [0, 0.1) is 6.92 Å². The van der Waals surface area contributed by atoms with Gasteiger partial charge in [0.25, 0.3) is 0 Å². The SMILES string of the molecule is Cc1ccc(OCC(=O)OC(C)C)c(N)n1. The molecular formula is C11H16N2O3. The van der Waals surface area contributed by atoms with Crippen molar-refractivity contribution in [3.63, 3.8) is 0 Å². The van der Waals surface area contributed by atoms with Gasteiger partial charge >= 0.3 is 5.97 Å². The van der Waals surface area contributed by atoms with Crippen LogP contribution in [0.1, 0.15) is 19.5 Å². The average Bonchev–Trinajstić information content (AvgIpc) is 2.15. The summed E-state index contributed by atoms with van der Waals surface area (Å²) in [4.78, 5) is 15.2. The Hall–Kier alpha value is -1.78. The molecule has 88 valence electrons. The maximum atomic E-state index is 11.2. The van der Waals surface area contributed by atoms with E-state index in [2.05, 4.69) is 4.98 Å². The van der Waals surface area contributed by atoms with Gasteiger partial charge in [-0.2, -0.15) is 0 Å². The number of nitrogens with two attached hydrogens (primary N) is 1. The summed E-state index contributed by atoms with van der Waals surface area (Å²) in [5.74, 6) is 0.249. The molecule has 0 fully saturated rings. The van der Waals surface area contributed by atoms with Gasteiger partial charge < -0.3 is 15.2 Å². The first-order valence-electron chi connectivity index (χ1n) is 5.04. The topological polar surface area (TPSA) is 74.4 Å². The van der Waals surface area contributed by atoms with Crippen molar-refractivity contribution < 1.29 is 14.3 Å². The first-order chi connectivity index (χ1) is 7.49. The summed E-state index contributed by atoms with van der Waals surface area (Å²) in [5.41, 5.74) is 6.42. The Morgan fingerprint density at radius 2 is 2.19 bits per heavy atom. The third-order valence-corrected chi connectivity index (χ3v) is 1.74. The molecule has 0 unspecified atom stereocenters. The van der Waals surface area contributed by atoms with Crippen LogP contribution in [0.4, 0.5) is 5.82 Å². The molecule has 16 heavy (non-hydrogen) atoms. The molecule has 0 atom stereocenters.